The van der Waals surface area contributed by atoms with E-state index in [1.807, 2.05) is 18.2 Å². The number of ether oxygens (including phenoxy) is 1. The molecule has 1 heterocycles. The number of hydrogen-bond acceptors (Lipinski definition) is 3. The average Bonchev–Trinajstić information content (AvgIpc) is 2.76. The van der Waals surface area contributed by atoms with E-state index < -0.39 is 0 Å². The van der Waals surface area contributed by atoms with Gasteiger partial charge in [-0.25, -0.2) is 4.98 Å². The number of benzene rings is 1. The summed E-state index contributed by atoms with van der Waals surface area (Å²) in [4.78, 5) is 14.7. The van der Waals surface area contributed by atoms with Crippen LogP contribution in [0.3, 0.4) is 0 Å². The molecule has 17 heavy (non-hydrogen) atoms. The largest absolute Gasteiger partial charge is 0.496 e. The van der Waals surface area contributed by atoms with Gasteiger partial charge in [0, 0.05) is 18.9 Å². The first kappa shape index (κ1) is 11.9. The van der Waals surface area contributed by atoms with E-state index in [2.05, 4.69) is 20.9 Å². The zero-order valence-corrected chi connectivity index (χ0v) is 10.8. The molecule has 2 aromatic rings. The summed E-state index contributed by atoms with van der Waals surface area (Å²) in [6.45, 7) is 0.608. The van der Waals surface area contributed by atoms with Gasteiger partial charge in [0.1, 0.15) is 5.75 Å². The predicted molar refractivity (Wildman–Crippen MR) is 67.4 cm³/mol. The molecule has 2 rings (SSSR count). The second kappa shape index (κ2) is 5.14. The molecule has 5 heteroatoms. The van der Waals surface area contributed by atoms with Crippen molar-refractivity contribution in [2.24, 2.45) is 0 Å². The SMILES string of the molecule is COc1ccc(Cn2ccnc2C=O)cc1Br. The van der Waals surface area contributed by atoms with Crippen LogP contribution in [0.1, 0.15) is 16.2 Å². The van der Waals surface area contributed by atoms with E-state index in [1.54, 1.807) is 24.1 Å². The quantitative estimate of drug-likeness (QED) is 0.814. The van der Waals surface area contributed by atoms with Gasteiger partial charge in [0.25, 0.3) is 0 Å². The number of nitrogens with zero attached hydrogens (tertiary/aromatic N) is 2. The maximum Gasteiger partial charge on any atom is 0.185 e. The molecular formula is C12H11BrN2O2. The third kappa shape index (κ3) is 2.55. The molecule has 0 N–H and O–H groups in total. The Morgan fingerprint density at radius 1 is 1.53 bits per heavy atom. The van der Waals surface area contributed by atoms with Gasteiger partial charge >= 0.3 is 0 Å². The van der Waals surface area contributed by atoms with Gasteiger partial charge in [-0.1, -0.05) is 6.07 Å². The van der Waals surface area contributed by atoms with Gasteiger partial charge in [-0.15, -0.1) is 0 Å². The second-order valence-corrected chi connectivity index (χ2v) is 4.35. The van der Waals surface area contributed by atoms with Crippen LogP contribution >= 0.6 is 15.9 Å². The zero-order chi connectivity index (χ0) is 12.3. The van der Waals surface area contributed by atoms with Gasteiger partial charge in [0.05, 0.1) is 11.6 Å². The Kier molecular flexibility index (Phi) is 3.58. The number of carbonyl (C=O) groups is 1. The highest BCUT2D eigenvalue weighted by molar-refractivity contribution is 9.10. The molecule has 0 aliphatic carbocycles. The minimum absolute atomic E-state index is 0.428. The Hall–Kier alpha value is -1.62. The lowest BCUT2D eigenvalue weighted by atomic mass is 10.2. The lowest BCUT2D eigenvalue weighted by Gasteiger charge is -2.07. The summed E-state index contributed by atoms with van der Waals surface area (Å²) in [6.07, 6.45) is 4.14. The Bertz CT molecular complexity index is 537. The molecule has 0 spiro atoms. The van der Waals surface area contributed by atoms with E-state index in [-0.39, 0.29) is 0 Å². The molecule has 0 unspecified atom stereocenters. The number of aromatic nitrogens is 2. The van der Waals surface area contributed by atoms with E-state index in [4.69, 9.17) is 4.74 Å². The minimum Gasteiger partial charge on any atom is -0.496 e. The molecule has 0 bridgehead atoms. The van der Waals surface area contributed by atoms with E-state index in [9.17, 15) is 4.79 Å². The third-order valence-electron chi connectivity index (χ3n) is 2.42. The van der Waals surface area contributed by atoms with Crippen molar-refractivity contribution in [3.05, 3.63) is 46.5 Å². The first-order valence-electron chi connectivity index (χ1n) is 5.03. The molecule has 0 radical (unpaired) electrons. The van der Waals surface area contributed by atoms with Gasteiger partial charge in [-0.2, -0.15) is 0 Å². The van der Waals surface area contributed by atoms with Crippen LogP contribution in [0.25, 0.3) is 0 Å². The van der Waals surface area contributed by atoms with Crippen LogP contribution in [0.2, 0.25) is 0 Å². The van der Waals surface area contributed by atoms with Crippen molar-refractivity contribution in [3.8, 4) is 5.75 Å². The van der Waals surface area contributed by atoms with Gasteiger partial charge in [-0.3, -0.25) is 4.79 Å². The normalized spacial score (nSPS) is 10.2. The zero-order valence-electron chi connectivity index (χ0n) is 9.26. The van der Waals surface area contributed by atoms with Crippen molar-refractivity contribution in [1.29, 1.82) is 0 Å². The summed E-state index contributed by atoms with van der Waals surface area (Å²) >= 11 is 3.43. The summed E-state index contributed by atoms with van der Waals surface area (Å²) in [6, 6.07) is 5.81. The number of carbonyl (C=O) groups excluding carboxylic acids is 1. The number of halogens is 1. The second-order valence-electron chi connectivity index (χ2n) is 3.50. The van der Waals surface area contributed by atoms with Crippen molar-refractivity contribution in [2.45, 2.75) is 6.54 Å². The van der Waals surface area contributed by atoms with Crippen molar-refractivity contribution in [3.63, 3.8) is 0 Å². The molecule has 4 nitrogen and oxygen atoms in total. The Morgan fingerprint density at radius 2 is 2.35 bits per heavy atom. The molecule has 1 aromatic carbocycles. The summed E-state index contributed by atoms with van der Waals surface area (Å²) in [5.41, 5.74) is 1.07. The molecule has 88 valence electrons. The highest BCUT2D eigenvalue weighted by atomic mass is 79.9. The highest BCUT2D eigenvalue weighted by Gasteiger charge is 2.04. The maximum atomic E-state index is 10.7. The Labute approximate surface area is 107 Å². The average molecular weight is 295 g/mol. The van der Waals surface area contributed by atoms with Gasteiger partial charge < -0.3 is 9.30 Å². The molecular weight excluding hydrogens is 284 g/mol. The fourth-order valence-electron chi connectivity index (χ4n) is 1.58. The molecule has 0 saturated heterocycles. The first-order valence-corrected chi connectivity index (χ1v) is 5.82. The van der Waals surface area contributed by atoms with Crippen LogP contribution in [-0.4, -0.2) is 22.9 Å². The van der Waals surface area contributed by atoms with Crippen LogP contribution in [-0.2, 0) is 6.54 Å². The fourth-order valence-corrected chi connectivity index (χ4v) is 2.17. The lowest BCUT2D eigenvalue weighted by Crippen LogP contribution is -2.03. The fraction of sp³-hybridized carbons (Fsp3) is 0.167. The van der Waals surface area contributed by atoms with E-state index in [0.717, 1.165) is 22.1 Å². The number of rotatable bonds is 4. The van der Waals surface area contributed by atoms with Crippen LogP contribution in [0.5, 0.6) is 5.75 Å². The molecule has 0 atom stereocenters. The molecule has 1 aromatic heterocycles. The van der Waals surface area contributed by atoms with Crippen LogP contribution in [0, 0.1) is 0 Å². The number of methoxy groups -OCH3 is 1. The third-order valence-corrected chi connectivity index (χ3v) is 3.04. The predicted octanol–water partition coefficient (Wildman–Crippen LogP) is 2.52. The smallest absolute Gasteiger partial charge is 0.185 e. The number of hydrogen-bond donors (Lipinski definition) is 0. The lowest BCUT2D eigenvalue weighted by molar-refractivity contribution is 0.111. The highest BCUT2D eigenvalue weighted by Crippen LogP contribution is 2.25. The monoisotopic (exact) mass is 294 g/mol. The molecule has 0 saturated carbocycles. The Morgan fingerprint density at radius 3 is 3.00 bits per heavy atom. The van der Waals surface area contributed by atoms with Crippen molar-refractivity contribution in [1.82, 2.24) is 9.55 Å². The Balaban J connectivity index is 2.24. The summed E-state index contributed by atoms with van der Waals surface area (Å²) in [7, 11) is 1.63. The van der Waals surface area contributed by atoms with Gasteiger partial charge in [-0.05, 0) is 33.6 Å². The van der Waals surface area contributed by atoms with Crippen molar-refractivity contribution in [2.75, 3.05) is 7.11 Å². The number of aldehydes is 1. The standard InChI is InChI=1S/C12H11BrN2O2/c1-17-11-3-2-9(6-10(11)13)7-15-5-4-14-12(15)8-16/h2-6,8H,7H2,1H3. The van der Waals surface area contributed by atoms with Gasteiger partial charge in [0.2, 0.25) is 0 Å². The van der Waals surface area contributed by atoms with E-state index in [1.165, 1.54) is 0 Å². The number of imidazole rings is 1. The van der Waals surface area contributed by atoms with Crippen LogP contribution in [0.4, 0.5) is 0 Å². The topological polar surface area (TPSA) is 44.1 Å². The molecule has 0 fully saturated rings. The maximum absolute atomic E-state index is 10.7. The van der Waals surface area contributed by atoms with Crippen LogP contribution < -0.4 is 4.74 Å². The van der Waals surface area contributed by atoms with Crippen LogP contribution in [0.15, 0.2) is 35.1 Å². The van der Waals surface area contributed by atoms with Crippen molar-refractivity contribution >= 4 is 22.2 Å². The summed E-state index contributed by atoms with van der Waals surface area (Å²) in [5.74, 6) is 1.21. The van der Waals surface area contributed by atoms with E-state index in [0.29, 0.717) is 12.4 Å². The van der Waals surface area contributed by atoms with E-state index >= 15 is 0 Å². The van der Waals surface area contributed by atoms with Crippen molar-refractivity contribution < 1.29 is 9.53 Å². The molecule has 0 aliphatic rings. The summed E-state index contributed by atoms with van der Waals surface area (Å²) < 4.78 is 7.84. The summed E-state index contributed by atoms with van der Waals surface area (Å²) in [5, 5.41) is 0. The molecule has 0 aliphatic heterocycles. The minimum atomic E-state index is 0.428. The molecule has 0 amide bonds. The first-order chi connectivity index (χ1) is 8.24. The van der Waals surface area contributed by atoms with Gasteiger partial charge in [0.15, 0.2) is 12.1 Å².